The van der Waals surface area contributed by atoms with Crippen molar-refractivity contribution in [3.63, 3.8) is 0 Å². The van der Waals surface area contributed by atoms with Crippen LogP contribution in [0.25, 0.3) is 0 Å². The van der Waals surface area contributed by atoms with Crippen molar-refractivity contribution in [1.82, 2.24) is 0 Å². The fourth-order valence-corrected chi connectivity index (χ4v) is 6.81. The van der Waals surface area contributed by atoms with Crippen LogP contribution in [0.15, 0.2) is 18.2 Å². The van der Waals surface area contributed by atoms with Crippen LogP contribution in [0, 0.1) is 41.2 Å². The molecular formula is C25H36F2. The summed E-state index contributed by atoms with van der Waals surface area (Å²) in [5.41, 5.74) is 1.00. The molecule has 0 amide bonds. The van der Waals surface area contributed by atoms with Crippen LogP contribution in [0.1, 0.15) is 95.5 Å². The smallest absolute Gasteiger partial charge is 0.159 e. The lowest BCUT2D eigenvalue weighted by atomic mass is 9.60. The lowest BCUT2D eigenvalue weighted by molar-refractivity contribution is 0.0618. The van der Waals surface area contributed by atoms with Crippen LogP contribution in [-0.4, -0.2) is 0 Å². The van der Waals surface area contributed by atoms with Gasteiger partial charge in [0.1, 0.15) is 0 Å². The van der Waals surface area contributed by atoms with Gasteiger partial charge < -0.3 is 0 Å². The normalized spacial score (nSPS) is 37.0. The first-order valence-corrected chi connectivity index (χ1v) is 11.6. The molecule has 2 heteroatoms. The van der Waals surface area contributed by atoms with Crippen LogP contribution in [0.2, 0.25) is 0 Å². The third kappa shape index (κ3) is 4.40. The summed E-state index contributed by atoms with van der Waals surface area (Å²) in [6.45, 7) is 2.33. The average Bonchev–Trinajstić information content (AvgIpc) is 2.70. The largest absolute Gasteiger partial charge is 0.204 e. The third-order valence-electron chi connectivity index (χ3n) is 8.31. The van der Waals surface area contributed by atoms with E-state index in [0.29, 0.717) is 5.92 Å². The van der Waals surface area contributed by atoms with Gasteiger partial charge in [-0.15, -0.1) is 0 Å². The van der Waals surface area contributed by atoms with E-state index in [1.165, 1.54) is 76.3 Å². The van der Waals surface area contributed by atoms with Crippen molar-refractivity contribution in [1.29, 1.82) is 0 Å². The Morgan fingerprint density at radius 1 is 0.741 bits per heavy atom. The molecule has 0 bridgehead atoms. The molecule has 0 spiro atoms. The minimum Gasteiger partial charge on any atom is -0.204 e. The van der Waals surface area contributed by atoms with Gasteiger partial charge >= 0.3 is 0 Å². The summed E-state index contributed by atoms with van der Waals surface area (Å²) in [4.78, 5) is 0. The monoisotopic (exact) mass is 374 g/mol. The van der Waals surface area contributed by atoms with Crippen LogP contribution in [0.4, 0.5) is 8.78 Å². The van der Waals surface area contributed by atoms with Crippen LogP contribution >= 0.6 is 0 Å². The van der Waals surface area contributed by atoms with E-state index in [9.17, 15) is 8.78 Å². The van der Waals surface area contributed by atoms with Crippen molar-refractivity contribution in [3.8, 4) is 0 Å². The molecule has 0 saturated heterocycles. The second-order valence-corrected chi connectivity index (χ2v) is 9.85. The summed E-state index contributed by atoms with van der Waals surface area (Å²) in [5, 5.41) is 0. The third-order valence-corrected chi connectivity index (χ3v) is 8.31. The van der Waals surface area contributed by atoms with Crippen LogP contribution < -0.4 is 0 Å². The number of hydrogen-bond acceptors (Lipinski definition) is 0. The molecule has 4 unspecified atom stereocenters. The average molecular weight is 375 g/mol. The molecule has 0 N–H and O–H groups in total. The SMILES string of the molecule is CCCC1CCC2CC(C3CCC(c4ccc(F)c(F)c4)CC3)CCC2C1. The summed E-state index contributed by atoms with van der Waals surface area (Å²) in [6, 6.07) is 4.52. The van der Waals surface area contributed by atoms with Gasteiger partial charge in [0.25, 0.3) is 0 Å². The van der Waals surface area contributed by atoms with Crippen LogP contribution in [-0.2, 0) is 0 Å². The van der Waals surface area contributed by atoms with E-state index in [1.807, 2.05) is 0 Å². The Morgan fingerprint density at radius 3 is 2.07 bits per heavy atom. The summed E-state index contributed by atoms with van der Waals surface area (Å²) in [6.07, 6.45) is 16.5. The van der Waals surface area contributed by atoms with Gasteiger partial charge in [0.05, 0.1) is 0 Å². The molecule has 4 atom stereocenters. The van der Waals surface area contributed by atoms with Crippen molar-refractivity contribution in [2.45, 2.75) is 89.9 Å². The molecule has 1 aromatic carbocycles. The second kappa shape index (κ2) is 8.62. The Morgan fingerprint density at radius 2 is 1.37 bits per heavy atom. The number of hydrogen-bond donors (Lipinski definition) is 0. The molecule has 0 heterocycles. The highest BCUT2D eigenvalue weighted by Crippen LogP contribution is 2.50. The Balaban J connectivity index is 1.28. The number of fused-ring (bicyclic) bond motifs is 1. The van der Waals surface area contributed by atoms with Gasteiger partial charge in [-0.2, -0.15) is 0 Å². The first-order valence-electron chi connectivity index (χ1n) is 11.6. The zero-order valence-electron chi connectivity index (χ0n) is 16.9. The van der Waals surface area contributed by atoms with Crippen LogP contribution in [0.5, 0.6) is 0 Å². The number of halogens is 2. The van der Waals surface area contributed by atoms with Gasteiger partial charge in [-0.1, -0.05) is 32.3 Å². The van der Waals surface area contributed by atoms with Gasteiger partial charge in [-0.25, -0.2) is 8.78 Å². The Hall–Kier alpha value is -0.920. The predicted molar refractivity (Wildman–Crippen MR) is 108 cm³/mol. The molecule has 0 radical (unpaired) electrons. The summed E-state index contributed by atoms with van der Waals surface area (Å²) in [5.74, 6) is 3.85. The van der Waals surface area contributed by atoms with E-state index in [0.717, 1.165) is 48.0 Å². The molecule has 1 aromatic rings. The van der Waals surface area contributed by atoms with Crippen molar-refractivity contribution in [2.75, 3.05) is 0 Å². The van der Waals surface area contributed by atoms with Gasteiger partial charge in [-0.05, 0) is 111 Å². The number of benzene rings is 1. The van der Waals surface area contributed by atoms with Gasteiger partial charge in [-0.3, -0.25) is 0 Å². The Kier molecular flexibility index (Phi) is 6.19. The molecule has 3 aliphatic rings. The fraction of sp³-hybridized carbons (Fsp3) is 0.760. The van der Waals surface area contributed by atoms with E-state index in [4.69, 9.17) is 0 Å². The highest BCUT2D eigenvalue weighted by atomic mass is 19.2. The summed E-state index contributed by atoms with van der Waals surface area (Å²) >= 11 is 0. The fourth-order valence-electron chi connectivity index (χ4n) is 6.81. The summed E-state index contributed by atoms with van der Waals surface area (Å²) in [7, 11) is 0. The van der Waals surface area contributed by atoms with Crippen molar-refractivity contribution >= 4 is 0 Å². The van der Waals surface area contributed by atoms with E-state index >= 15 is 0 Å². The minimum absolute atomic E-state index is 0.428. The molecule has 27 heavy (non-hydrogen) atoms. The molecule has 4 rings (SSSR count). The molecule has 0 aliphatic heterocycles. The maximum atomic E-state index is 13.6. The zero-order chi connectivity index (χ0) is 18.8. The van der Waals surface area contributed by atoms with E-state index in [-0.39, 0.29) is 0 Å². The minimum atomic E-state index is -0.724. The molecule has 150 valence electrons. The van der Waals surface area contributed by atoms with E-state index < -0.39 is 11.6 Å². The zero-order valence-corrected chi connectivity index (χ0v) is 16.9. The van der Waals surface area contributed by atoms with Gasteiger partial charge in [0.15, 0.2) is 11.6 Å². The quantitative estimate of drug-likeness (QED) is 0.503. The lowest BCUT2D eigenvalue weighted by Gasteiger charge is -2.45. The molecule has 3 fully saturated rings. The number of rotatable bonds is 4. The van der Waals surface area contributed by atoms with E-state index in [2.05, 4.69) is 6.92 Å². The van der Waals surface area contributed by atoms with Crippen molar-refractivity contribution in [2.24, 2.45) is 29.6 Å². The van der Waals surface area contributed by atoms with Crippen molar-refractivity contribution < 1.29 is 8.78 Å². The molecule has 3 saturated carbocycles. The molecular weight excluding hydrogens is 338 g/mol. The van der Waals surface area contributed by atoms with Gasteiger partial charge in [0, 0.05) is 0 Å². The first kappa shape index (κ1) is 19.4. The van der Waals surface area contributed by atoms with E-state index in [1.54, 1.807) is 6.07 Å². The standard InChI is InChI=1S/C25H36F2/c1-2-3-17-4-5-22-15-21(11-10-20(22)14-17)18-6-8-19(9-7-18)23-12-13-24(26)25(27)16-23/h12-13,16-22H,2-11,14-15H2,1H3. The Bertz CT molecular complexity index is 617. The molecule has 0 nitrogen and oxygen atoms in total. The topological polar surface area (TPSA) is 0 Å². The first-order chi connectivity index (χ1) is 13.1. The maximum absolute atomic E-state index is 13.6. The highest BCUT2D eigenvalue weighted by molar-refractivity contribution is 5.22. The molecule has 3 aliphatic carbocycles. The molecule has 0 aromatic heterocycles. The lowest BCUT2D eigenvalue weighted by Crippen LogP contribution is -2.34. The van der Waals surface area contributed by atoms with Crippen LogP contribution in [0.3, 0.4) is 0 Å². The van der Waals surface area contributed by atoms with Crippen molar-refractivity contribution in [3.05, 3.63) is 35.4 Å². The van der Waals surface area contributed by atoms with Gasteiger partial charge in [0.2, 0.25) is 0 Å². The Labute approximate surface area is 164 Å². The predicted octanol–water partition coefficient (Wildman–Crippen LogP) is 7.87. The highest BCUT2D eigenvalue weighted by Gasteiger charge is 2.38. The summed E-state index contributed by atoms with van der Waals surface area (Å²) < 4.78 is 26.8. The maximum Gasteiger partial charge on any atom is 0.159 e. The second-order valence-electron chi connectivity index (χ2n) is 9.85.